The summed E-state index contributed by atoms with van der Waals surface area (Å²) >= 11 is 7.70. The molecule has 28 heavy (non-hydrogen) atoms. The fraction of sp³-hybridized carbons (Fsp3) is 0.476. The van der Waals surface area contributed by atoms with E-state index < -0.39 is 0 Å². The number of Topliss-reactive ketones (excluding diaryl/α,β-unsaturated/α-hetero) is 1. The fourth-order valence-corrected chi connectivity index (χ4v) is 5.20. The van der Waals surface area contributed by atoms with Crippen molar-refractivity contribution in [1.29, 1.82) is 0 Å². The van der Waals surface area contributed by atoms with Gasteiger partial charge < -0.3 is 19.3 Å². The van der Waals surface area contributed by atoms with Crippen molar-refractivity contribution in [3.05, 3.63) is 57.2 Å². The van der Waals surface area contributed by atoms with Crippen molar-refractivity contribution in [2.75, 3.05) is 52.6 Å². The largest absolute Gasteiger partial charge is 0.370 e. The summed E-state index contributed by atoms with van der Waals surface area (Å²) in [6.07, 6.45) is 0. The van der Waals surface area contributed by atoms with Crippen LogP contribution in [0.1, 0.15) is 21.3 Å². The van der Waals surface area contributed by atoms with Crippen LogP contribution >= 0.6 is 22.9 Å². The maximum Gasteiger partial charge on any atom is 0.236 e. The molecule has 7 heteroatoms. The van der Waals surface area contributed by atoms with Crippen LogP contribution in [0.25, 0.3) is 0 Å². The van der Waals surface area contributed by atoms with Crippen molar-refractivity contribution in [2.45, 2.75) is 12.1 Å². The summed E-state index contributed by atoms with van der Waals surface area (Å²) in [5.41, 5.74) is 1.18. The van der Waals surface area contributed by atoms with Crippen molar-refractivity contribution >= 4 is 28.7 Å². The van der Waals surface area contributed by atoms with Gasteiger partial charge in [-0.25, -0.2) is 0 Å². The zero-order valence-electron chi connectivity index (χ0n) is 15.9. The third kappa shape index (κ3) is 4.48. The van der Waals surface area contributed by atoms with Crippen LogP contribution in [0.15, 0.2) is 41.8 Å². The normalized spacial score (nSPS) is 21.3. The van der Waals surface area contributed by atoms with Crippen LogP contribution in [-0.2, 0) is 9.47 Å². The average molecular weight is 423 g/mol. The molecule has 2 aromatic rings. The van der Waals surface area contributed by atoms with E-state index in [4.69, 9.17) is 21.1 Å². The Balaban J connectivity index is 1.74. The van der Waals surface area contributed by atoms with Gasteiger partial charge in [-0.2, -0.15) is 0 Å². The molecular weight excluding hydrogens is 396 g/mol. The van der Waals surface area contributed by atoms with E-state index in [0.29, 0.717) is 13.2 Å². The molecule has 150 valence electrons. The Morgan fingerprint density at radius 3 is 2.11 bits per heavy atom. The molecule has 2 aliphatic rings. The Hall–Kier alpha value is -1.28. The van der Waals surface area contributed by atoms with E-state index in [0.717, 1.165) is 49.3 Å². The number of ketones is 1. The Morgan fingerprint density at radius 1 is 0.929 bits per heavy atom. The van der Waals surface area contributed by atoms with E-state index in [1.165, 1.54) is 26.7 Å². The highest BCUT2D eigenvalue weighted by Gasteiger charge is 2.46. The number of halogens is 1. The van der Waals surface area contributed by atoms with E-state index in [2.05, 4.69) is 12.1 Å². The van der Waals surface area contributed by atoms with Gasteiger partial charge in [-0.1, -0.05) is 29.8 Å². The number of hydrogen-bond donors (Lipinski definition) is 2. The number of rotatable bonds is 6. The highest BCUT2D eigenvalue weighted by atomic mass is 35.5. The first-order valence-corrected chi connectivity index (χ1v) is 11.2. The standard InChI is InChI=1S/C21H25ClN2O3S/c22-17-5-3-16(4-6-17)19(23-7-11-26-12-8-23)20(24-9-13-27-14-10-24)21(25)18-2-1-15-28-18/h1-6,15,19-20H,7-14H2/p+2/t19-,20+/m0/s1. The summed E-state index contributed by atoms with van der Waals surface area (Å²) in [6.45, 7) is 6.40. The molecule has 2 atom stereocenters. The molecule has 0 saturated carbocycles. The van der Waals surface area contributed by atoms with Gasteiger partial charge in [-0.3, -0.25) is 4.79 Å². The predicted molar refractivity (Wildman–Crippen MR) is 110 cm³/mol. The zero-order valence-corrected chi connectivity index (χ0v) is 17.4. The molecule has 2 aliphatic heterocycles. The first kappa shape index (κ1) is 20.0. The maximum absolute atomic E-state index is 13.7. The van der Waals surface area contributed by atoms with Crippen molar-refractivity contribution in [1.82, 2.24) is 0 Å². The van der Waals surface area contributed by atoms with Crippen LogP contribution in [0.2, 0.25) is 5.02 Å². The molecular formula is C21H27ClN2O3S+2. The fourth-order valence-electron chi connectivity index (χ4n) is 4.37. The number of nitrogens with one attached hydrogen (secondary N) is 2. The monoisotopic (exact) mass is 422 g/mol. The molecule has 0 bridgehead atoms. The molecule has 0 unspecified atom stereocenters. The molecule has 1 aromatic heterocycles. The lowest BCUT2D eigenvalue weighted by Gasteiger charge is -2.39. The summed E-state index contributed by atoms with van der Waals surface area (Å²) in [7, 11) is 0. The maximum atomic E-state index is 13.7. The third-order valence-electron chi connectivity index (χ3n) is 5.76. The highest BCUT2D eigenvalue weighted by Crippen LogP contribution is 2.21. The van der Waals surface area contributed by atoms with E-state index in [9.17, 15) is 4.79 Å². The number of carbonyl (C=O) groups excluding carboxylic acids is 1. The first-order chi connectivity index (χ1) is 13.7. The van der Waals surface area contributed by atoms with E-state index in [1.807, 2.05) is 29.6 Å². The number of benzene rings is 1. The van der Waals surface area contributed by atoms with Crippen LogP contribution in [0.3, 0.4) is 0 Å². The van der Waals surface area contributed by atoms with Gasteiger partial charge >= 0.3 is 0 Å². The van der Waals surface area contributed by atoms with Crippen molar-refractivity contribution in [3.63, 3.8) is 0 Å². The molecule has 2 saturated heterocycles. The number of morpholine rings is 2. The Kier molecular flexibility index (Phi) is 6.77. The van der Waals surface area contributed by atoms with Gasteiger partial charge in [-0.15, -0.1) is 11.3 Å². The van der Waals surface area contributed by atoms with Gasteiger partial charge in [-0.05, 0) is 23.6 Å². The number of thiophene rings is 1. The molecule has 0 amide bonds. The molecule has 5 nitrogen and oxygen atoms in total. The summed E-state index contributed by atoms with van der Waals surface area (Å²) in [5.74, 6) is 0.242. The van der Waals surface area contributed by atoms with Crippen LogP contribution in [0.4, 0.5) is 0 Å². The average Bonchev–Trinajstić information content (AvgIpc) is 3.29. The molecule has 1 aromatic carbocycles. The van der Waals surface area contributed by atoms with Crippen molar-refractivity contribution in [3.8, 4) is 0 Å². The quantitative estimate of drug-likeness (QED) is 0.667. The number of hydrogen-bond acceptors (Lipinski definition) is 4. The second-order valence-corrected chi connectivity index (χ2v) is 8.77. The minimum absolute atomic E-state index is 0.0730. The lowest BCUT2D eigenvalue weighted by molar-refractivity contribution is -0.999. The van der Waals surface area contributed by atoms with Gasteiger partial charge in [0.25, 0.3) is 0 Å². The second kappa shape index (κ2) is 9.48. The number of carbonyl (C=O) groups is 1. The van der Waals surface area contributed by atoms with E-state index >= 15 is 0 Å². The van der Waals surface area contributed by atoms with Crippen LogP contribution in [0.5, 0.6) is 0 Å². The molecule has 0 spiro atoms. The Morgan fingerprint density at radius 2 is 1.54 bits per heavy atom. The van der Waals surface area contributed by atoms with Gasteiger partial charge in [0.2, 0.25) is 11.8 Å². The number of quaternary nitrogens is 2. The highest BCUT2D eigenvalue weighted by molar-refractivity contribution is 7.12. The molecule has 2 N–H and O–H groups in total. The Labute approximate surface area is 174 Å². The van der Waals surface area contributed by atoms with Crippen molar-refractivity contribution < 1.29 is 24.1 Å². The lowest BCUT2D eigenvalue weighted by atomic mass is 9.91. The van der Waals surface area contributed by atoms with E-state index in [1.54, 1.807) is 0 Å². The second-order valence-electron chi connectivity index (χ2n) is 7.39. The first-order valence-electron chi connectivity index (χ1n) is 9.92. The summed E-state index contributed by atoms with van der Waals surface area (Å²) in [4.78, 5) is 17.3. The predicted octanol–water partition coefficient (Wildman–Crippen LogP) is 0.524. The third-order valence-corrected chi connectivity index (χ3v) is 6.90. The van der Waals surface area contributed by atoms with Crippen LogP contribution in [0, 0.1) is 0 Å². The molecule has 2 fully saturated rings. The van der Waals surface area contributed by atoms with Gasteiger partial charge in [0.05, 0.1) is 31.3 Å². The SMILES string of the molecule is O=C(c1cccs1)[C@@H]([C@H](c1ccc(Cl)cc1)[NH+]1CCOCC1)[NH+]1CCOCC1. The molecule has 0 aliphatic carbocycles. The Bertz CT molecular complexity index is 756. The summed E-state index contributed by atoms with van der Waals surface area (Å²) < 4.78 is 11.2. The minimum Gasteiger partial charge on any atom is -0.370 e. The topological polar surface area (TPSA) is 44.4 Å². The molecule has 4 rings (SSSR count). The van der Waals surface area contributed by atoms with Crippen molar-refractivity contribution in [2.24, 2.45) is 0 Å². The lowest BCUT2D eigenvalue weighted by Crippen LogP contribution is -3.25. The van der Waals surface area contributed by atoms with Crippen LogP contribution < -0.4 is 9.80 Å². The summed E-state index contributed by atoms with van der Waals surface area (Å²) in [6, 6.07) is 11.9. The van der Waals surface area contributed by atoms with Gasteiger partial charge in [0.15, 0.2) is 6.04 Å². The molecule has 0 radical (unpaired) electrons. The summed E-state index contributed by atoms with van der Waals surface area (Å²) in [5, 5.41) is 2.71. The van der Waals surface area contributed by atoms with Gasteiger partial charge in [0, 0.05) is 10.6 Å². The number of ether oxygens (including phenoxy) is 2. The van der Waals surface area contributed by atoms with Gasteiger partial charge in [0.1, 0.15) is 26.2 Å². The van der Waals surface area contributed by atoms with E-state index in [-0.39, 0.29) is 17.9 Å². The zero-order chi connectivity index (χ0) is 19.3. The molecule has 3 heterocycles. The van der Waals surface area contributed by atoms with Crippen LogP contribution in [-0.4, -0.2) is 64.4 Å². The minimum atomic E-state index is -0.142. The smallest absolute Gasteiger partial charge is 0.236 e.